The zero-order valence-corrected chi connectivity index (χ0v) is 9.41. The van der Waals surface area contributed by atoms with Gasteiger partial charge in [0.05, 0.1) is 11.4 Å². The molecule has 0 saturated carbocycles. The van der Waals surface area contributed by atoms with Crippen LogP contribution >= 0.6 is 11.3 Å². The molecule has 0 spiro atoms. The molecule has 16 heavy (non-hydrogen) atoms. The first-order chi connectivity index (χ1) is 7.35. The SMILES string of the molecule is Cc1sc(C(=O)NCC(F)(F)CO)cc1N. The largest absolute Gasteiger partial charge is 0.398 e. The van der Waals surface area contributed by atoms with Crippen LogP contribution in [0.3, 0.4) is 0 Å². The van der Waals surface area contributed by atoms with E-state index in [-0.39, 0.29) is 4.88 Å². The van der Waals surface area contributed by atoms with Gasteiger partial charge in [-0.1, -0.05) is 0 Å². The molecule has 1 aromatic heterocycles. The molecule has 0 radical (unpaired) electrons. The van der Waals surface area contributed by atoms with Crippen LogP contribution in [0.1, 0.15) is 14.5 Å². The molecule has 1 rings (SSSR count). The van der Waals surface area contributed by atoms with Crippen LogP contribution < -0.4 is 11.1 Å². The molecule has 0 bridgehead atoms. The average molecular weight is 250 g/mol. The maximum absolute atomic E-state index is 12.6. The number of thiophene rings is 1. The molecule has 4 N–H and O–H groups in total. The molecule has 4 nitrogen and oxygen atoms in total. The molecule has 1 amide bonds. The highest BCUT2D eigenvalue weighted by Gasteiger charge is 2.28. The quantitative estimate of drug-likeness (QED) is 0.746. The standard InChI is InChI=1S/C9H12F2N2O2S/c1-5-6(12)2-7(16-5)8(15)13-3-9(10,11)4-14/h2,14H,3-4,12H2,1H3,(H,13,15). The first-order valence-electron chi connectivity index (χ1n) is 4.48. The zero-order chi connectivity index (χ0) is 12.3. The minimum Gasteiger partial charge on any atom is -0.398 e. The molecular weight excluding hydrogens is 238 g/mol. The molecular formula is C9H12F2N2O2S. The molecule has 0 aromatic carbocycles. The molecule has 0 saturated heterocycles. The van der Waals surface area contributed by atoms with Gasteiger partial charge in [-0.25, -0.2) is 8.78 Å². The molecule has 7 heteroatoms. The van der Waals surface area contributed by atoms with E-state index in [9.17, 15) is 13.6 Å². The normalized spacial score (nSPS) is 11.5. The number of alkyl halides is 2. The first-order valence-corrected chi connectivity index (χ1v) is 5.30. The number of hydrogen-bond acceptors (Lipinski definition) is 4. The lowest BCUT2D eigenvalue weighted by atomic mass is 10.3. The number of carbonyl (C=O) groups is 1. The van der Waals surface area contributed by atoms with E-state index in [1.807, 2.05) is 5.32 Å². The van der Waals surface area contributed by atoms with Gasteiger partial charge in [0.15, 0.2) is 0 Å². The monoisotopic (exact) mass is 250 g/mol. The topological polar surface area (TPSA) is 75.3 Å². The number of rotatable bonds is 4. The highest BCUT2D eigenvalue weighted by Crippen LogP contribution is 2.23. The summed E-state index contributed by atoms with van der Waals surface area (Å²) in [6.45, 7) is -0.447. The van der Waals surface area contributed by atoms with Gasteiger partial charge < -0.3 is 16.2 Å². The highest BCUT2D eigenvalue weighted by molar-refractivity contribution is 7.14. The summed E-state index contributed by atoms with van der Waals surface area (Å²) in [6, 6.07) is 1.44. The van der Waals surface area contributed by atoms with Crippen molar-refractivity contribution in [2.45, 2.75) is 12.8 Å². The molecule has 0 unspecified atom stereocenters. The molecule has 0 aliphatic heterocycles. The maximum atomic E-state index is 12.6. The number of anilines is 1. The zero-order valence-electron chi connectivity index (χ0n) is 8.59. The number of nitrogens with one attached hydrogen (secondary N) is 1. The van der Waals surface area contributed by atoms with Crippen molar-refractivity contribution in [2.24, 2.45) is 0 Å². The lowest BCUT2D eigenvalue weighted by Gasteiger charge is -2.13. The Kier molecular flexibility index (Phi) is 3.82. The molecule has 0 aliphatic carbocycles. The van der Waals surface area contributed by atoms with Gasteiger partial charge in [-0.3, -0.25) is 4.79 Å². The van der Waals surface area contributed by atoms with Crippen LogP contribution in [0.2, 0.25) is 0 Å². The number of halogens is 2. The summed E-state index contributed by atoms with van der Waals surface area (Å²) in [5, 5.41) is 10.3. The Hall–Kier alpha value is -1.21. The Morgan fingerprint density at radius 2 is 2.31 bits per heavy atom. The van der Waals surface area contributed by atoms with Crippen molar-refractivity contribution in [3.63, 3.8) is 0 Å². The van der Waals surface area contributed by atoms with E-state index in [1.54, 1.807) is 6.92 Å². The third-order valence-corrected chi connectivity index (χ3v) is 2.98. The Labute approximate surface area is 95.1 Å². The fourth-order valence-electron chi connectivity index (χ4n) is 0.961. The van der Waals surface area contributed by atoms with Gasteiger partial charge in [0.2, 0.25) is 0 Å². The van der Waals surface area contributed by atoms with Crippen LogP contribution in [-0.2, 0) is 0 Å². The molecule has 1 heterocycles. The van der Waals surface area contributed by atoms with Crippen molar-refractivity contribution in [3.05, 3.63) is 15.8 Å². The minimum atomic E-state index is -3.30. The maximum Gasteiger partial charge on any atom is 0.287 e. The van der Waals surface area contributed by atoms with Gasteiger partial charge >= 0.3 is 0 Å². The van der Waals surface area contributed by atoms with E-state index < -0.39 is 25.0 Å². The third kappa shape index (κ3) is 3.14. The summed E-state index contributed by atoms with van der Waals surface area (Å²) in [5.74, 6) is -3.91. The fourth-order valence-corrected chi connectivity index (χ4v) is 1.82. The van der Waals surface area contributed by atoms with Crippen LogP contribution in [-0.4, -0.2) is 30.1 Å². The van der Waals surface area contributed by atoms with Crippen molar-refractivity contribution >= 4 is 22.9 Å². The third-order valence-electron chi connectivity index (χ3n) is 1.92. The molecule has 0 atom stereocenters. The number of aliphatic hydroxyl groups is 1. The molecule has 1 aromatic rings. The molecule has 0 fully saturated rings. The summed E-state index contributed by atoms with van der Waals surface area (Å²) in [6.07, 6.45) is 0. The Bertz CT molecular complexity index is 373. The fraction of sp³-hybridized carbons (Fsp3) is 0.444. The van der Waals surface area contributed by atoms with Crippen LogP contribution in [0.5, 0.6) is 0 Å². The second kappa shape index (κ2) is 4.75. The number of hydrogen-bond donors (Lipinski definition) is 3. The Balaban J connectivity index is 2.60. The van der Waals surface area contributed by atoms with Crippen LogP contribution in [0.15, 0.2) is 6.07 Å². The summed E-state index contributed by atoms with van der Waals surface area (Å²) in [5.41, 5.74) is 5.99. The number of aryl methyl sites for hydroxylation is 1. The van der Waals surface area contributed by atoms with Gasteiger partial charge in [0, 0.05) is 10.6 Å². The number of nitrogen functional groups attached to an aromatic ring is 1. The number of aliphatic hydroxyl groups excluding tert-OH is 1. The van der Waals surface area contributed by atoms with E-state index in [4.69, 9.17) is 10.8 Å². The summed E-state index contributed by atoms with van der Waals surface area (Å²) >= 11 is 1.14. The van der Waals surface area contributed by atoms with Gasteiger partial charge in [-0.05, 0) is 13.0 Å². The number of nitrogens with two attached hydrogens (primary N) is 1. The van der Waals surface area contributed by atoms with E-state index in [0.717, 1.165) is 16.2 Å². The second-order valence-corrected chi connectivity index (χ2v) is 4.58. The minimum absolute atomic E-state index is 0.281. The predicted molar refractivity (Wildman–Crippen MR) is 57.8 cm³/mol. The highest BCUT2D eigenvalue weighted by atomic mass is 32.1. The van der Waals surface area contributed by atoms with Crippen molar-refractivity contribution in [2.75, 3.05) is 18.9 Å². The van der Waals surface area contributed by atoms with Crippen LogP contribution in [0.25, 0.3) is 0 Å². The van der Waals surface area contributed by atoms with Gasteiger partial charge in [-0.2, -0.15) is 0 Å². The average Bonchev–Trinajstić information content (AvgIpc) is 2.56. The van der Waals surface area contributed by atoms with Gasteiger partial charge in [0.25, 0.3) is 11.8 Å². The summed E-state index contributed by atoms with van der Waals surface area (Å²) in [7, 11) is 0. The Morgan fingerprint density at radius 1 is 1.69 bits per heavy atom. The van der Waals surface area contributed by atoms with Crippen molar-refractivity contribution in [1.82, 2.24) is 5.32 Å². The van der Waals surface area contributed by atoms with Crippen molar-refractivity contribution < 1.29 is 18.7 Å². The smallest absolute Gasteiger partial charge is 0.287 e. The van der Waals surface area contributed by atoms with E-state index in [0.29, 0.717) is 5.69 Å². The van der Waals surface area contributed by atoms with E-state index in [2.05, 4.69) is 0 Å². The number of carbonyl (C=O) groups excluding carboxylic acids is 1. The predicted octanol–water partition coefficient (Wildman–Crippen LogP) is 0.996. The number of amides is 1. The summed E-state index contributed by atoms with van der Waals surface area (Å²) < 4.78 is 25.3. The first kappa shape index (κ1) is 12.9. The van der Waals surface area contributed by atoms with Gasteiger partial charge in [-0.15, -0.1) is 11.3 Å². The lowest BCUT2D eigenvalue weighted by molar-refractivity contribution is -0.0461. The Morgan fingerprint density at radius 3 is 2.75 bits per heavy atom. The van der Waals surface area contributed by atoms with Crippen LogP contribution in [0, 0.1) is 6.92 Å². The van der Waals surface area contributed by atoms with Crippen molar-refractivity contribution in [3.8, 4) is 0 Å². The van der Waals surface area contributed by atoms with Crippen molar-refractivity contribution in [1.29, 1.82) is 0 Å². The molecule has 90 valence electrons. The second-order valence-electron chi connectivity index (χ2n) is 3.32. The van der Waals surface area contributed by atoms with Crippen LogP contribution in [0.4, 0.5) is 14.5 Å². The lowest BCUT2D eigenvalue weighted by Crippen LogP contribution is -2.38. The van der Waals surface area contributed by atoms with E-state index >= 15 is 0 Å². The molecule has 0 aliphatic rings. The van der Waals surface area contributed by atoms with E-state index in [1.165, 1.54) is 6.07 Å². The van der Waals surface area contributed by atoms with Gasteiger partial charge in [0.1, 0.15) is 6.61 Å². The summed E-state index contributed by atoms with van der Waals surface area (Å²) in [4.78, 5) is 12.4.